The fraction of sp³-hybridized carbons (Fsp3) is 0.412. The van der Waals surface area contributed by atoms with Crippen LogP contribution < -0.4 is 5.32 Å². The van der Waals surface area contributed by atoms with Crippen molar-refractivity contribution in [1.82, 2.24) is 10.2 Å². The molecule has 1 atom stereocenters. The topological polar surface area (TPSA) is 65.4 Å². The van der Waals surface area contributed by atoms with E-state index in [1.165, 1.54) is 11.8 Å². The van der Waals surface area contributed by atoms with E-state index >= 15 is 0 Å². The summed E-state index contributed by atoms with van der Waals surface area (Å²) in [6.45, 7) is 4.81. The average Bonchev–Trinajstić information content (AvgIpc) is 2.97. The Morgan fingerprint density at radius 1 is 1.50 bits per heavy atom. The number of esters is 1. The van der Waals surface area contributed by atoms with Crippen molar-refractivity contribution in [3.63, 3.8) is 0 Å². The molecule has 0 bridgehead atoms. The van der Waals surface area contributed by atoms with Gasteiger partial charge in [-0.1, -0.05) is 30.3 Å². The van der Waals surface area contributed by atoms with Crippen LogP contribution in [0.15, 0.2) is 42.1 Å². The van der Waals surface area contributed by atoms with Crippen molar-refractivity contribution in [3.05, 3.63) is 47.7 Å². The minimum atomic E-state index is -0.573. The molecular weight excluding hydrogens is 278 g/mol. The van der Waals surface area contributed by atoms with Gasteiger partial charge in [-0.05, 0) is 18.9 Å². The Labute approximate surface area is 131 Å². The molecule has 0 radical (unpaired) electrons. The lowest BCUT2D eigenvalue weighted by molar-refractivity contribution is -0.138. The smallest absolute Gasteiger partial charge is 0.350 e. The van der Waals surface area contributed by atoms with Crippen LogP contribution in [0.2, 0.25) is 0 Å². The van der Waals surface area contributed by atoms with Crippen molar-refractivity contribution in [3.8, 4) is 6.07 Å². The summed E-state index contributed by atoms with van der Waals surface area (Å²) in [5.74, 6) is -0.573. The summed E-state index contributed by atoms with van der Waals surface area (Å²) in [6.07, 6.45) is 2.47. The Hall–Kier alpha value is -2.32. The molecule has 1 saturated heterocycles. The number of rotatable bonds is 6. The molecule has 0 spiro atoms. The van der Waals surface area contributed by atoms with Crippen molar-refractivity contribution in [1.29, 1.82) is 5.26 Å². The van der Waals surface area contributed by atoms with E-state index < -0.39 is 5.97 Å². The van der Waals surface area contributed by atoms with E-state index in [2.05, 4.69) is 22.3 Å². The highest BCUT2D eigenvalue weighted by molar-refractivity contribution is 5.92. The number of likely N-dealkylation sites (tertiary alicyclic amines) is 1. The number of nitriles is 1. The van der Waals surface area contributed by atoms with E-state index in [0.717, 1.165) is 26.1 Å². The first kappa shape index (κ1) is 16.1. The van der Waals surface area contributed by atoms with Gasteiger partial charge in [0.25, 0.3) is 0 Å². The van der Waals surface area contributed by atoms with Crippen LogP contribution in [0.4, 0.5) is 0 Å². The van der Waals surface area contributed by atoms with E-state index in [0.29, 0.717) is 0 Å². The number of nitrogens with one attached hydrogen (secondary N) is 1. The van der Waals surface area contributed by atoms with Crippen LogP contribution in [0.25, 0.3) is 0 Å². The van der Waals surface area contributed by atoms with Crippen molar-refractivity contribution in [2.45, 2.75) is 25.9 Å². The Morgan fingerprint density at radius 2 is 2.27 bits per heavy atom. The highest BCUT2D eigenvalue weighted by atomic mass is 16.5. The third-order valence-electron chi connectivity index (χ3n) is 3.60. The van der Waals surface area contributed by atoms with Crippen molar-refractivity contribution in [2.75, 3.05) is 19.7 Å². The zero-order chi connectivity index (χ0) is 15.8. The minimum Gasteiger partial charge on any atom is -0.462 e. The Kier molecular flexibility index (Phi) is 5.99. The van der Waals surface area contributed by atoms with Crippen molar-refractivity contribution < 1.29 is 9.53 Å². The first-order chi connectivity index (χ1) is 10.7. The van der Waals surface area contributed by atoms with Gasteiger partial charge in [0.15, 0.2) is 5.57 Å². The van der Waals surface area contributed by atoms with Gasteiger partial charge in [0.2, 0.25) is 0 Å². The standard InChI is InChI=1S/C17H21N3O2/c1-2-22-17(21)15(10-18)11-19-16-8-9-20(13-16)12-14-6-4-3-5-7-14/h3-7,11,16,19H,2,8-9,12-13H2,1H3. The van der Waals surface area contributed by atoms with E-state index in [1.807, 2.05) is 24.3 Å². The number of carbonyl (C=O) groups is 1. The monoisotopic (exact) mass is 299 g/mol. The number of hydrogen-bond donors (Lipinski definition) is 1. The molecule has 116 valence electrons. The van der Waals surface area contributed by atoms with Gasteiger partial charge in [0.1, 0.15) is 6.07 Å². The maximum absolute atomic E-state index is 11.5. The van der Waals surface area contributed by atoms with Gasteiger partial charge in [-0.3, -0.25) is 4.90 Å². The molecule has 0 amide bonds. The Morgan fingerprint density at radius 3 is 2.95 bits per heavy atom. The number of ether oxygens (including phenoxy) is 1. The summed E-state index contributed by atoms with van der Waals surface area (Å²) in [5.41, 5.74) is 1.31. The van der Waals surface area contributed by atoms with E-state index in [-0.39, 0.29) is 18.2 Å². The van der Waals surface area contributed by atoms with Crippen LogP contribution in [-0.4, -0.2) is 36.6 Å². The van der Waals surface area contributed by atoms with E-state index in [1.54, 1.807) is 6.92 Å². The normalized spacial score (nSPS) is 18.7. The highest BCUT2D eigenvalue weighted by Crippen LogP contribution is 2.13. The van der Waals surface area contributed by atoms with Crippen LogP contribution in [0.1, 0.15) is 18.9 Å². The molecule has 1 aromatic rings. The van der Waals surface area contributed by atoms with Crippen LogP contribution in [0.5, 0.6) is 0 Å². The molecule has 0 aliphatic carbocycles. The zero-order valence-electron chi connectivity index (χ0n) is 12.8. The van der Waals surface area contributed by atoms with Gasteiger partial charge in [-0.25, -0.2) is 4.79 Å². The SMILES string of the molecule is CCOC(=O)C(C#N)=CNC1CCN(Cc2ccccc2)C1. The fourth-order valence-corrected chi connectivity index (χ4v) is 2.50. The molecule has 1 aromatic carbocycles. The summed E-state index contributed by atoms with van der Waals surface area (Å²) in [7, 11) is 0. The molecule has 22 heavy (non-hydrogen) atoms. The van der Waals surface area contributed by atoms with Crippen LogP contribution in [-0.2, 0) is 16.1 Å². The second-order valence-electron chi connectivity index (χ2n) is 5.26. The van der Waals surface area contributed by atoms with Gasteiger partial charge >= 0.3 is 5.97 Å². The van der Waals surface area contributed by atoms with Crippen molar-refractivity contribution >= 4 is 5.97 Å². The van der Waals surface area contributed by atoms with Gasteiger partial charge in [0, 0.05) is 31.9 Å². The summed E-state index contributed by atoms with van der Waals surface area (Å²) in [5, 5.41) is 12.1. The molecule has 1 heterocycles. The molecule has 1 N–H and O–H groups in total. The third kappa shape index (κ3) is 4.61. The second-order valence-corrected chi connectivity index (χ2v) is 5.26. The maximum Gasteiger partial charge on any atom is 0.350 e. The molecule has 1 aliphatic heterocycles. The minimum absolute atomic E-state index is 0.0170. The first-order valence-electron chi connectivity index (χ1n) is 7.52. The number of nitrogens with zero attached hydrogens (tertiary/aromatic N) is 2. The molecule has 5 nitrogen and oxygen atoms in total. The highest BCUT2D eigenvalue weighted by Gasteiger charge is 2.22. The Balaban J connectivity index is 1.83. The van der Waals surface area contributed by atoms with Crippen LogP contribution in [0, 0.1) is 11.3 Å². The van der Waals surface area contributed by atoms with Gasteiger partial charge < -0.3 is 10.1 Å². The molecular formula is C17H21N3O2. The number of carbonyl (C=O) groups excluding carboxylic acids is 1. The van der Waals surface area contributed by atoms with E-state index in [9.17, 15) is 4.79 Å². The molecule has 0 aromatic heterocycles. The number of hydrogen-bond acceptors (Lipinski definition) is 5. The molecule has 1 unspecified atom stereocenters. The molecule has 1 aliphatic rings. The molecule has 0 saturated carbocycles. The van der Waals surface area contributed by atoms with Gasteiger partial charge in [0.05, 0.1) is 6.61 Å². The van der Waals surface area contributed by atoms with Gasteiger partial charge in [-0.2, -0.15) is 5.26 Å². The third-order valence-corrected chi connectivity index (χ3v) is 3.60. The second kappa shape index (κ2) is 8.20. The summed E-state index contributed by atoms with van der Waals surface area (Å²) in [6, 6.07) is 12.5. The largest absolute Gasteiger partial charge is 0.462 e. The molecule has 2 rings (SSSR count). The number of benzene rings is 1. The predicted octanol–water partition coefficient (Wildman–Crippen LogP) is 1.82. The van der Waals surface area contributed by atoms with Crippen molar-refractivity contribution in [2.24, 2.45) is 0 Å². The predicted molar refractivity (Wildman–Crippen MR) is 83.6 cm³/mol. The first-order valence-corrected chi connectivity index (χ1v) is 7.52. The molecule has 1 fully saturated rings. The van der Waals surface area contributed by atoms with Gasteiger partial charge in [-0.15, -0.1) is 0 Å². The Bertz CT molecular complexity index is 563. The maximum atomic E-state index is 11.5. The summed E-state index contributed by atoms with van der Waals surface area (Å²) < 4.78 is 4.83. The lowest BCUT2D eigenvalue weighted by Crippen LogP contribution is -2.29. The lowest BCUT2D eigenvalue weighted by Gasteiger charge is -2.16. The van der Waals surface area contributed by atoms with Crippen LogP contribution in [0.3, 0.4) is 0 Å². The summed E-state index contributed by atoms with van der Waals surface area (Å²) >= 11 is 0. The molecule has 5 heteroatoms. The van der Waals surface area contributed by atoms with Crippen LogP contribution >= 0.6 is 0 Å². The lowest BCUT2D eigenvalue weighted by atomic mass is 10.2. The van der Waals surface area contributed by atoms with E-state index in [4.69, 9.17) is 10.00 Å². The fourth-order valence-electron chi connectivity index (χ4n) is 2.50. The zero-order valence-corrected chi connectivity index (χ0v) is 12.8. The summed E-state index contributed by atoms with van der Waals surface area (Å²) in [4.78, 5) is 13.9. The average molecular weight is 299 g/mol. The quantitative estimate of drug-likeness (QED) is 0.493.